The summed E-state index contributed by atoms with van der Waals surface area (Å²) in [6.45, 7) is 3.64. The van der Waals surface area contributed by atoms with Gasteiger partial charge in [-0.15, -0.1) is 0 Å². The van der Waals surface area contributed by atoms with Gasteiger partial charge in [0.05, 0.1) is 12.7 Å². The largest absolute Gasteiger partial charge is 0.381 e. The van der Waals surface area contributed by atoms with Crippen molar-refractivity contribution >= 4 is 11.6 Å². The number of nitrogens with zero attached hydrogens (tertiary/aromatic N) is 2. The molecule has 1 atom stereocenters. The van der Waals surface area contributed by atoms with Gasteiger partial charge < -0.3 is 14.6 Å². The van der Waals surface area contributed by atoms with Crippen molar-refractivity contribution in [2.24, 2.45) is 13.0 Å². The van der Waals surface area contributed by atoms with Crippen molar-refractivity contribution in [3.05, 3.63) is 17.2 Å². The third-order valence-electron chi connectivity index (χ3n) is 3.06. The molecular weight excluding hydrogens is 226 g/mol. The lowest BCUT2D eigenvalue weighted by Crippen LogP contribution is -2.20. The van der Waals surface area contributed by atoms with Crippen molar-refractivity contribution in [2.75, 3.05) is 19.8 Å². The first kappa shape index (κ1) is 11.9. The fourth-order valence-electron chi connectivity index (χ4n) is 1.91. The molecule has 0 radical (unpaired) electrons. The van der Waals surface area contributed by atoms with Gasteiger partial charge in [-0.3, -0.25) is 0 Å². The molecule has 1 aliphatic rings. The van der Waals surface area contributed by atoms with Crippen LogP contribution >= 0.6 is 11.6 Å². The van der Waals surface area contributed by atoms with E-state index in [1.54, 1.807) is 6.20 Å². The summed E-state index contributed by atoms with van der Waals surface area (Å²) in [5.74, 6) is 1.71. The van der Waals surface area contributed by atoms with E-state index in [9.17, 15) is 0 Å². The molecular formula is C11H18ClN3O. The molecule has 1 unspecified atom stereocenters. The maximum Gasteiger partial charge on any atom is 0.128 e. The van der Waals surface area contributed by atoms with Gasteiger partial charge in [0.25, 0.3) is 0 Å². The fourth-order valence-corrected chi connectivity index (χ4v) is 2.05. The molecule has 0 spiro atoms. The number of rotatable bonds is 5. The summed E-state index contributed by atoms with van der Waals surface area (Å²) in [7, 11) is 1.93. The monoisotopic (exact) mass is 243 g/mol. The maximum atomic E-state index is 5.90. The Hall–Kier alpha value is -0.580. The van der Waals surface area contributed by atoms with E-state index in [1.165, 1.54) is 12.8 Å². The van der Waals surface area contributed by atoms with E-state index in [-0.39, 0.29) is 0 Å². The Labute approximate surface area is 101 Å². The zero-order chi connectivity index (χ0) is 11.4. The van der Waals surface area contributed by atoms with Gasteiger partial charge in [0.2, 0.25) is 0 Å². The first-order valence-corrected chi connectivity index (χ1v) is 6.09. The molecule has 0 amide bonds. The van der Waals surface area contributed by atoms with Gasteiger partial charge >= 0.3 is 0 Å². The molecule has 1 N–H and O–H groups in total. The maximum absolute atomic E-state index is 5.90. The van der Waals surface area contributed by atoms with Gasteiger partial charge in [0.15, 0.2) is 0 Å². The zero-order valence-electron chi connectivity index (χ0n) is 9.58. The molecule has 4 nitrogen and oxygen atoms in total. The molecule has 1 aliphatic heterocycles. The van der Waals surface area contributed by atoms with Crippen LogP contribution in [0, 0.1) is 5.92 Å². The molecule has 2 heterocycles. The highest BCUT2D eigenvalue weighted by atomic mass is 35.5. The first-order chi connectivity index (χ1) is 7.77. The van der Waals surface area contributed by atoms with Crippen molar-refractivity contribution in [1.29, 1.82) is 0 Å². The normalized spacial score (nSPS) is 20.5. The van der Waals surface area contributed by atoms with Gasteiger partial charge in [0.1, 0.15) is 11.0 Å². The summed E-state index contributed by atoms with van der Waals surface area (Å²) in [5, 5.41) is 4.07. The van der Waals surface area contributed by atoms with Crippen LogP contribution < -0.4 is 5.32 Å². The third-order valence-corrected chi connectivity index (χ3v) is 3.42. The van der Waals surface area contributed by atoms with Crippen molar-refractivity contribution in [1.82, 2.24) is 14.9 Å². The topological polar surface area (TPSA) is 39.1 Å². The standard InChI is InChI=1S/C11H18ClN3O/c1-15-10(12)6-14-11(15)7-13-4-2-9-3-5-16-8-9/h6,9,13H,2-5,7-8H2,1H3. The Kier molecular flexibility index (Phi) is 4.21. The quantitative estimate of drug-likeness (QED) is 0.799. The summed E-state index contributed by atoms with van der Waals surface area (Å²) < 4.78 is 7.23. The number of hydrogen-bond donors (Lipinski definition) is 1. The summed E-state index contributed by atoms with van der Waals surface area (Å²) in [4.78, 5) is 4.23. The van der Waals surface area contributed by atoms with E-state index in [4.69, 9.17) is 16.3 Å². The molecule has 5 heteroatoms. The highest BCUT2D eigenvalue weighted by Crippen LogP contribution is 2.15. The number of halogens is 1. The predicted molar refractivity (Wildman–Crippen MR) is 63.5 cm³/mol. The molecule has 1 saturated heterocycles. The van der Waals surface area contributed by atoms with Gasteiger partial charge in [-0.05, 0) is 25.3 Å². The Morgan fingerprint density at radius 2 is 2.56 bits per heavy atom. The van der Waals surface area contributed by atoms with Crippen LogP contribution in [-0.2, 0) is 18.3 Å². The molecule has 16 heavy (non-hydrogen) atoms. The number of imidazole rings is 1. The van der Waals surface area contributed by atoms with Crippen LogP contribution in [0.3, 0.4) is 0 Å². The van der Waals surface area contributed by atoms with Crippen LogP contribution in [-0.4, -0.2) is 29.3 Å². The highest BCUT2D eigenvalue weighted by molar-refractivity contribution is 6.29. The van der Waals surface area contributed by atoms with Gasteiger partial charge in [-0.2, -0.15) is 0 Å². The molecule has 1 fully saturated rings. The van der Waals surface area contributed by atoms with Crippen LogP contribution in [0.2, 0.25) is 5.15 Å². The second-order valence-electron chi connectivity index (χ2n) is 4.25. The van der Waals surface area contributed by atoms with E-state index in [0.29, 0.717) is 5.15 Å². The van der Waals surface area contributed by atoms with Gasteiger partial charge in [-0.1, -0.05) is 11.6 Å². The molecule has 0 saturated carbocycles. The Bertz CT molecular complexity index is 334. The number of hydrogen-bond acceptors (Lipinski definition) is 3. The Balaban J connectivity index is 1.66. The summed E-state index contributed by atoms with van der Waals surface area (Å²) in [6.07, 6.45) is 4.07. The third kappa shape index (κ3) is 2.97. The van der Waals surface area contributed by atoms with Crippen LogP contribution in [0.4, 0.5) is 0 Å². The SMILES string of the molecule is Cn1c(Cl)cnc1CNCCC1CCOC1. The molecule has 0 aliphatic carbocycles. The van der Waals surface area contributed by atoms with E-state index in [2.05, 4.69) is 10.3 Å². The first-order valence-electron chi connectivity index (χ1n) is 5.72. The molecule has 1 aromatic heterocycles. The number of nitrogens with one attached hydrogen (secondary N) is 1. The number of ether oxygens (including phenoxy) is 1. The molecule has 0 bridgehead atoms. The van der Waals surface area contributed by atoms with E-state index in [1.807, 2.05) is 11.6 Å². The summed E-state index contributed by atoms with van der Waals surface area (Å²) in [6, 6.07) is 0. The highest BCUT2D eigenvalue weighted by Gasteiger charge is 2.14. The van der Waals surface area contributed by atoms with E-state index in [0.717, 1.165) is 38.0 Å². The van der Waals surface area contributed by atoms with Crippen LogP contribution in [0.5, 0.6) is 0 Å². The van der Waals surface area contributed by atoms with Crippen molar-refractivity contribution < 1.29 is 4.74 Å². The minimum atomic E-state index is 0.681. The molecule has 90 valence electrons. The fraction of sp³-hybridized carbons (Fsp3) is 0.727. The van der Waals surface area contributed by atoms with E-state index >= 15 is 0 Å². The minimum absolute atomic E-state index is 0.681. The average molecular weight is 244 g/mol. The zero-order valence-corrected chi connectivity index (χ0v) is 10.3. The van der Waals surface area contributed by atoms with Crippen molar-refractivity contribution in [3.8, 4) is 0 Å². The van der Waals surface area contributed by atoms with Gasteiger partial charge in [0, 0.05) is 20.3 Å². The molecule has 0 aromatic carbocycles. The van der Waals surface area contributed by atoms with Crippen LogP contribution in [0.15, 0.2) is 6.20 Å². The molecule has 1 aromatic rings. The average Bonchev–Trinajstić information content (AvgIpc) is 2.88. The lowest BCUT2D eigenvalue weighted by atomic mass is 10.1. The van der Waals surface area contributed by atoms with Crippen LogP contribution in [0.25, 0.3) is 0 Å². The minimum Gasteiger partial charge on any atom is -0.381 e. The summed E-state index contributed by atoms with van der Waals surface area (Å²) in [5.41, 5.74) is 0. The number of aromatic nitrogens is 2. The van der Waals surface area contributed by atoms with Crippen molar-refractivity contribution in [3.63, 3.8) is 0 Å². The predicted octanol–water partition coefficient (Wildman–Crippen LogP) is 1.59. The van der Waals surface area contributed by atoms with Gasteiger partial charge in [-0.25, -0.2) is 4.98 Å². The van der Waals surface area contributed by atoms with Crippen molar-refractivity contribution in [2.45, 2.75) is 19.4 Å². The lowest BCUT2D eigenvalue weighted by Gasteiger charge is -2.08. The van der Waals surface area contributed by atoms with E-state index < -0.39 is 0 Å². The summed E-state index contributed by atoms with van der Waals surface area (Å²) >= 11 is 5.90. The Morgan fingerprint density at radius 3 is 3.19 bits per heavy atom. The second-order valence-corrected chi connectivity index (χ2v) is 4.64. The second kappa shape index (κ2) is 5.66. The lowest BCUT2D eigenvalue weighted by molar-refractivity contribution is 0.184. The smallest absolute Gasteiger partial charge is 0.128 e. The Morgan fingerprint density at radius 1 is 1.69 bits per heavy atom. The van der Waals surface area contributed by atoms with Crippen LogP contribution in [0.1, 0.15) is 18.7 Å². The molecule has 2 rings (SSSR count).